The molecule has 0 aliphatic carbocycles. The van der Waals surface area contributed by atoms with Crippen LogP contribution in [0.1, 0.15) is 34.7 Å². The molecule has 1 unspecified atom stereocenters. The summed E-state index contributed by atoms with van der Waals surface area (Å²) in [5.41, 5.74) is 3.25. The lowest BCUT2D eigenvalue weighted by Crippen LogP contribution is -3.05. The van der Waals surface area contributed by atoms with Gasteiger partial charge in [-0.15, -0.1) is 0 Å². The number of carbonyl (C=O) groups excluding carboxylic acids is 2. The Morgan fingerprint density at radius 3 is 2.39 bits per heavy atom. The molecule has 186 valence electrons. The number of Topliss-reactive ketones (excluding diaryl/α,β-unsaturated/α-hetero) is 1. The van der Waals surface area contributed by atoms with Gasteiger partial charge in [0.15, 0.2) is 0 Å². The van der Waals surface area contributed by atoms with Crippen molar-refractivity contribution in [3.8, 4) is 5.75 Å². The summed E-state index contributed by atoms with van der Waals surface area (Å²) in [5, 5.41) is 13.6. The van der Waals surface area contributed by atoms with E-state index in [1.54, 1.807) is 48.8 Å². The van der Waals surface area contributed by atoms with E-state index in [0.29, 0.717) is 30.0 Å². The SMILES string of the molecule is Cc1ccccc1COc1ccc(C([O-])=C2C(=O)C(=O)N(CCC[NH+](C)C)C2c2ccncc2)cc1. The van der Waals surface area contributed by atoms with Crippen LogP contribution < -0.4 is 14.7 Å². The molecular weight excluding hydrogens is 454 g/mol. The second-order valence-corrected chi connectivity index (χ2v) is 9.30. The molecule has 7 heteroatoms. The van der Waals surface area contributed by atoms with E-state index in [-0.39, 0.29) is 5.57 Å². The number of likely N-dealkylation sites (tertiary alicyclic amines) is 1. The fourth-order valence-electron chi connectivity index (χ4n) is 4.39. The Kier molecular flexibility index (Phi) is 7.80. The van der Waals surface area contributed by atoms with E-state index in [9.17, 15) is 14.7 Å². The maximum absolute atomic E-state index is 13.6. The molecule has 3 aromatic rings. The molecule has 1 amide bonds. The lowest BCUT2D eigenvalue weighted by atomic mass is 9.96. The highest BCUT2D eigenvalue weighted by Gasteiger charge is 2.43. The van der Waals surface area contributed by atoms with Crippen LogP contribution in [-0.4, -0.2) is 48.8 Å². The number of ether oxygens (including phenoxy) is 1. The molecule has 0 saturated carbocycles. The van der Waals surface area contributed by atoms with Gasteiger partial charge < -0.3 is 19.6 Å². The van der Waals surface area contributed by atoms with Gasteiger partial charge in [-0.1, -0.05) is 42.2 Å². The number of pyridine rings is 1. The van der Waals surface area contributed by atoms with Crippen LogP contribution in [0, 0.1) is 6.92 Å². The number of ketones is 1. The Bertz CT molecular complexity index is 1250. The fourth-order valence-corrected chi connectivity index (χ4v) is 4.39. The summed E-state index contributed by atoms with van der Waals surface area (Å²) in [6, 6.07) is 17.5. The first-order chi connectivity index (χ1) is 17.4. The maximum atomic E-state index is 13.6. The number of aryl methyl sites for hydroxylation is 1. The topological polar surface area (TPSA) is 87.0 Å². The molecule has 2 heterocycles. The van der Waals surface area contributed by atoms with Crippen LogP contribution in [0.3, 0.4) is 0 Å². The Morgan fingerprint density at radius 1 is 1.03 bits per heavy atom. The summed E-state index contributed by atoms with van der Waals surface area (Å²) in [5.74, 6) is -1.19. The first-order valence-electron chi connectivity index (χ1n) is 12.1. The summed E-state index contributed by atoms with van der Waals surface area (Å²) >= 11 is 0. The van der Waals surface area contributed by atoms with E-state index >= 15 is 0 Å². The van der Waals surface area contributed by atoms with Crippen molar-refractivity contribution in [3.05, 3.63) is 101 Å². The molecule has 7 nitrogen and oxygen atoms in total. The van der Waals surface area contributed by atoms with Crippen molar-refractivity contribution in [1.82, 2.24) is 9.88 Å². The van der Waals surface area contributed by atoms with Crippen molar-refractivity contribution in [2.24, 2.45) is 0 Å². The van der Waals surface area contributed by atoms with Gasteiger partial charge >= 0.3 is 0 Å². The lowest BCUT2D eigenvalue weighted by molar-refractivity contribution is -0.858. The number of rotatable bonds is 9. The zero-order valence-corrected chi connectivity index (χ0v) is 20.9. The molecule has 0 spiro atoms. The van der Waals surface area contributed by atoms with Crippen molar-refractivity contribution >= 4 is 17.4 Å². The van der Waals surface area contributed by atoms with Crippen LogP contribution in [0.15, 0.2) is 78.6 Å². The Balaban J connectivity index is 1.61. The van der Waals surface area contributed by atoms with Crippen LogP contribution in [0.5, 0.6) is 5.75 Å². The molecule has 1 aliphatic rings. The van der Waals surface area contributed by atoms with Crippen molar-refractivity contribution in [1.29, 1.82) is 0 Å². The number of aromatic nitrogens is 1. The number of quaternary nitrogens is 1. The third-order valence-corrected chi connectivity index (χ3v) is 6.40. The van der Waals surface area contributed by atoms with Crippen molar-refractivity contribution in [3.63, 3.8) is 0 Å². The van der Waals surface area contributed by atoms with Gasteiger partial charge in [-0.2, -0.15) is 0 Å². The predicted molar refractivity (Wildman–Crippen MR) is 135 cm³/mol. The van der Waals surface area contributed by atoms with E-state index in [4.69, 9.17) is 4.74 Å². The second-order valence-electron chi connectivity index (χ2n) is 9.30. The summed E-state index contributed by atoms with van der Waals surface area (Å²) in [6.45, 7) is 3.68. The average molecular weight is 486 g/mol. The Hall–Kier alpha value is -3.97. The summed E-state index contributed by atoms with van der Waals surface area (Å²) < 4.78 is 5.89. The lowest BCUT2D eigenvalue weighted by Gasteiger charge is -2.27. The van der Waals surface area contributed by atoms with E-state index < -0.39 is 23.5 Å². The van der Waals surface area contributed by atoms with E-state index in [1.807, 2.05) is 45.3 Å². The first kappa shape index (κ1) is 25.1. The highest BCUT2D eigenvalue weighted by Crippen LogP contribution is 2.38. The highest BCUT2D eigenvalue weighted by molar-refractivity contribution is 6.46. The molecule has 0 radical (unpaired) electrons. The third-order valence-electron chi connectivity index (χ3n) is 6.40. The van der Waals surface area contributed by atoms with Crippen molar-refractivity contribution in [2.45, 2.75) is 26.0 Å². The predicted octanol–water partition coefficient (Wildman–Crippen LogP) is 1.73. The van der Waals surface area contributed by atoms with Gasteiger partial charge in [0.25, 0.3) is 5.91 Å². The minimum absolute atomic E-state index is 0.0167. The maximum Gasteiger partial charge on any atom is 0.295 e. The smallest absolute Gasteiger partial charge is 0.295 e. The molecule has 1 aromatic heterocycles. The zero-order valence-electron chi connectivity index (χ0n) is 20.9. The van der Waals surface area contributed by atoms with Gasteiger partial charge in [-0.25, -0.2) is 0 Å². The molecule has 1 atom stereocenters. The number of hydrogen-bond donors (Lipinski definition) is 1. The molecule has 1 saturated heterocycles. The van der Waals surface area contributed by atoms with Crippen LogP contribution in [0.25, 0.3) is 5.76 Å². The van der Waals surface area contributed by atoms with Gasteiger partial charge in [-0.3, -0.25) is 14.6 Å². The van der Waals surface area contributed by atoms with E-state index in [2.05, 4.69) is 4.98 Å². The molecule has 1 aliphatic heterocycles. The number of hydrogen-bond acceptors (Lipinski definition) is 5. The Morgan fingerprint density at radius 2 is 1.72 bits per heavy atom. The van der Waals surface area contributed by atoms with Crippen molar-refractivity contribution < 1.29 is 24.3 Å². The van der Waals surface area contributed by atoms with Gasteiger partial charge in [0.1, 0.15) is 12.4 Å². The molecular formula is C29H31N3O4. The normalized spacial score (nSPS) is 17.1. The van der Waals surface area contributed by atoms with Gasteiger partial charge in [0.05, 0.1) is 26.7 Å². The number of amides is 1. The molecule has 36 heavy (non-hydrogen) atoms. The van der Waals surface area contributed by atoms with E-state index in [0.717, 1.165) is 24.1 Å². The highest BCUT2D eigenvalue weighted by atomic mass is 16.5. The molecule has 1 fully saturated rings. The minimum Gasteiger partial charge on any atom is -0.872 e. The van der Waals surface area contributed by atoms with Crippen molar-refractivity contribution in [2.75, 3.05) is 27.2 Å². The second kappa shape index (κ2) is 11.2. The van der Waals surface area contributed by atoms with Gasteiger partial charge in [0.2, 0.25) is 5.78 Å². The standard InChI is InChI=1S/C29H31N3O4/c1-20-7-4-5-8-23(20)19-36-24-11-9-22(10-12-24)27(33)25-26(21-13-15-30-16-14-21)32(29(35)28(25)34)18-6-17-31(2)3/h4-5,7-16,26,33H,6,17-19H2,1-3H3. The van der Waals surface area contributed by atoms with Gasteiger partial charge in [0, 0.05) is 30.9 Å². The largest absolute Gasteiger partial charge is 0.872 e. The summed E-state index contributed by atoms with van der Waals surface area (Å²) in [6.07, 6.45) is 3.93. The number of nitrogens with zero attached hydrogens (tertiary/aromatic N) is 2. The minimum atomic E-state index is -0.737. The van der Waals surface area contributed by atoms with Gasteiger partial charge in [-0.05, 0) is 53.4 Å². The van der Waals surface area contributed by atoms with Crippen LogP contribution in [-0.2, 0) is 16.2 Å². The first-order valence-corrected chi connectivity index (χ1v) is 12.1. The molecule has 1 N–H and O–H groups in total. The van der Waals surface area contributed by atoms with E-state index in [1.165, 1.54) is 9.80 Å². The van der Waals surface area contributed by atoms with Crippen LogP contribution >= 0.6 is 0 Å². The molecule has 0 bridgehead atoms. The number of nitrogens with one attached hydrogen (secondary N) is 1. The third kappa shape index (κ3) is 5.47. The molecule has 2 aromatic carbocycles. The number of carbonyl (C=O) groups is 2. The summed E-state index contributed by atoms with van der Waals surface area (Å²) in [4.78, 5) is 32.9. The van der Waals surface area contributed by atoms with Crippen LogP contribution in [0.4, 0.5) is 0 Å². The Labute approximate surface area is 211 Å². The van der Waals surface area contributed by atoms with Crippen LogP contribution in [0.2, 0.25) is 0 Å². The monoisotopic (exact) mass is 485 g/mol. The quantitative estimate of drug-likeness (QED) is 0.283. The number of benzene rings is 2. The molecule has 4 rings (SSSR count). The zero-order chi connectivity index (χ0) is 25.7. The fraction of sp³-hybridized carbons (Fsp3) is 0.276. The average Bonchev–Trinajstić information content (AvgIpc) is 3.13. The summed E-state index contributed by atoms with van der Waals surface area (Å²) in [7, 11) is 4.07.